The first kappa shape index (κ1) is 10.3. The molecule has 0 aliphatic rings. The monoisotopic (exact) mass is 196 g/mol. The van der Waals surface area contributed by atoms with Crippen LogP contribution in [0.2, 0.25) is 0 Å². The van der Waals surface area contributed by atoms with Gasteiger partial charge in [-0.2, -0.15) is 0 Å². The van der Waals surface area contributed by atoms with Crippen molar-refractivity contribution >= 4 is 11.6 Å². The minimum atomic E-state index is -0.447. The van der Waals surface area contributed by atoms with Crippen LogP contribution in [0.15, 0.2) is 18.2 Å². The maximum atomic E-state index is 11.5. The molecule has 0 saturated heterocycles. The van der Waals surface area contributed by atoms with Crippen LogP contribution in [-0.4, -0.2) is 30.2 Å². The van der Waals surface area contributed by atoms with Crippen LogP contribution in [0.3, 0.4) is 0 Å². The molecule has 0 heterocycles. The summed E-state index contributed by atoms with van der Waals surface area (Å²) < 4.78 is 0. The van der Waals surface area contributed by atoms with Crippen LogP contribution in [0.4, 0.5) is 5.69 Å². The summed E-state index contributed by atoms with van der Waals surface area (Å²) in [5, 5.41) is 10.5. The zero-order valence-corrected chi connectivity index (χ0v) is 8.02. The van der Waals surface area contributed by atoms with Crippen LogP contribution in [-0.2, 0) is 4.84 Å². The zero-order chi connectivity index (χ0) is 10.7. The molecule has 1 aromatic rings. The SMILES string of the molecule is CON(C)C(=O)c1cccc(N)c1O. The molecule has 0 bridgehead atoms. The predicted molar refractivity (Wildman–Crippen MR) is 51.6 cm³/mol. The Labute approximate surface area is 81.6 Å². The van der Waals surface area contributed by atoms with Crippen molar-refractivity contribution in [1.82, 2.24) is 5.06 Å². The maximum Gasteiger partial charge on any atom is 0.280 e. The number of anilines is 1. The Morgan fingerprint density at radius 3 is 2.79 bits per heavy atom. The Morgan fingerprint density at radius 2 is 2.21 bits per heavy atom. The van der Waals surface area contributed by atoms with Gasteiger partial charge in [-0.25, -0.2) is 5.06 Å². The van der Waals surface area contributed by atoms with Gasteiger partial charge >= 0.3 is 0 Å². The lowest BCUT2D eigenvalue weighted by atomic mass is 10.1. The Hall–Kier alpha value is -1.75. The van der Waals surface area contributed by atoms with Crippen molar-refractivity contribution in [3.05, 3.63) is 23.8 Å². The first-order valence-corrected chi connectivity index (χ1v) is 3.97. The Kier molecular flexibility index (Phi) is 2.93. The fourth-order valence-electron chi connectivity index (χ4n) is 0.986. The van der Waals surface area contributed by atoms with Gasteiger partial charge in [-0.3, -0.25) is 9.63 Å². The number of hydrogen-bond donors (Lipinski definition) is 2. The third-order valence-electron chi connectivity index (χ3n) is 1.86. The summed E-state index contributed by atoms with van der Waals surface area (Å²) in [7, 11) is 2.81. The standard InChI is InChI=1S/C9H12N2O3/c1-11(14-2)9(13)6-4-3-5-7(10)8(6)12/h3-5,12H,10H2,1-2H3. The summed E-state index contributed by atoms with van der Waals surface area (Å²) in [6.45, 7) is 0. The van der Waals surface area contributed by atoms with E-state index < -0.39 is 5.91 Å². The number of aromatic hydroxyl groups is 1. The molecule has 0 atom stereocenters. The second-order valence-electron chi connectivity index (χ2n) is 2.73. The summed E-state index contributed by atoms with van der Waals surface area (Å²) >= 11 is 0. The molecule has 0 fully saturated rings. The van der Waals surface area contributed by atoms with Gasteiger partial charge in [0, 0.05) is 7.05 Å². The molecule has 0 unspecified atom stereocenters. The number of hydroxylamine groups is 2. The van der Waals surface area contributed by atoms with Gasteiger partial charge in [-0.15, -0.1) is 0 Å². The van der Waals surface area contributed by atoms with Gasteiger partial charge in [0.15, 0.2) is 5.75 Å². The molecule has 1 rings (SSSR count). The second kappa shape index (κ2) is 3.97. The molecule has 5 heteroatoms. The number of benzene rings is 1. The van der Waals surface area contributed by atoms with Crippen LogP contribution in [0.25, 0.3) is 0 Å². The van der Waals surface area contributed by atoms with Gasteiger partial charge in [0.25, 0.3) is 5.91 Å². The predicted octanol–water partition coefficient (Wildman–Crippen LogP) is 0.608. The third-order valence-corrected chi connectivity index (χ3v) is 1.86. The van der Waals surface area contributed by atoms with Crippen molar-refractivity contribution in [2.75, 3.05) is 19.9 Å². The highest BCUT2D eigenvalue weighted by Gasteiger charge is 2.16. The van der Waals surface area contributed by atoms with Gasteiger partial charge in [-0.05, 0) is 12.1 Å². The molecule has 76 valence electrons. The van der Waals surface area contributed by atoms with Gasteiger partial charge in [-0.1, -0.05) is 6.07 Å². The van der Waals surface area contributed by atoms with Crippen LogP contribution >= 0.6 is 0 Å². The second-order valence-corrected chi connectivity index (χ2v) is 2.73. The Bertz CT molecular complexity index is 352. The van der Waals surface area contributed by atoms with Crippen molar-refractivity contribution in [2.45, 2.75) is 0 Å². The third kappa shape index (κ3) is 1.77. The van der Waals surface area contributed by atoms with E-state index >= 15 is 0 Å². The van der Waals surface area contributed by atoms with Gasteiger partial charge in [0.05, 0.1) is 18.4 Å². The number of para-hydroxylation sites is 1. The summed E-state index contributed by atoms with van der Waals surface area (Å²) in [5.41, 5.74) is 5.73. The Balaban J connectivity index is 3.07. The van der Waals surface area contributed by atoms with Crippen LogP contribution in [0, 0.1) is 0 Å². The molecule has 0 radical (unpaired) electrons. The number of nitrogens with zero attached hydrogens (tertiary/aromatic N) is 1. The number of amides is 1. The first-order chi connectivity index (χ1) is 6.57. The van der Waals surface area contributed by atoms with E-state index in [0.717, 1.165) is 5.06 Å². The normalized spacial score (nSPS) is 9.86. The number of nitrogens with two attached hydrogens (primary N) is 1. The van der Waals surface area contributed by atoms with Crippen molar-refractivity contribution in [2.24, 2.45) is 0 Å². The smallest absolute Gasteiger partial charge is 0.280 e. The quantitative estimate of drug-likeness (QED) is 0.413. The van der Waals surface area contributed by atoms with Gasteiger partial charge in [0.1, 0.15) is 0 Å². The van der Waals surface area contributed by atoms with E-state index in [2.05, 4.69) is 0 Å². The molecule has 0 saturated carbocycles. The largest absolute Gasteiger partial charge is 0.505 e. The minimum absolute atomic E-state index is 0.120. The number of hydrogen-bond acceptors (Lipinski definition) is 4. The van der Waals surface area contributed by atoms with E-state index in [0.29, 0.717) is 0 Å². The number of phenols is 1. The van der Waals surface area contributed by atoms with Gasteiger partial charge < -0.3 is 10.8 Å². The highest BCUT2D eigenvalue weighted by Crippen LogP contribution is 2.25. The summed E-state index contributed by atoms with van der Waals surface area (Å²) in [6.07, 6.45) is 0. The number of rotatable bonds is 2. The number of phenolic OH excluding ortho intramolecular Hbond substituents is 1. The number of carbonyl (C=O) groups excluding carboxylic acids is 1. The first-order valence-electron chi connectivity index (χ1n) is 3.97. The molecular formula is C9H12N2O3. The molecule has 5 nitrogen and oxygen atoms in total. The average molecular weight is 196 g/mol. The maximum absolute atomic E-state index is 11.5. The van der Waals surface area contributed by atoms with E-state index in [4.69, 9.17) is 10.6 Å². The Morgan fingerprint density at radius 1 is 1.57 bits per heavy atom. The summed E-state index contributed by atoms with van der Waals surface area (Å²) in [6, 6.07) is 4.58. The van der Waals surface area contributed by atoms with Crippen LogP contribution in [0.5, 0.6) is 5.75 Å². The molecule has 0 aliphatic heterocycles. The molecule has 14 heavy (non-hydrogen) atoms. The molecule has 1 aromatic carbocycles. The highest BCUT2D eigenvalue weighted by atomic mass is 16.7. The fraction of sp³-hybridized carbons (Fsp3) is 0.222. The number of nitrogen functional groups attached to an aromatic ring is 1. The van der Waals surface area contributed by atoms with Crippen LogP contribution < -0.4 is 5.73 Å². The van der Waals surface area contributed by atoms with E-state index in [1.807, 2.05) is 0 Å². The lowest BCUT2D eigenvalue weighted by Gasteiger charge is -2.14. The molecule has 1 amide bonds. The van der Waals surface area contributed by atoms with Crippen molar-refractivity contribution in [3.63, 3.8) is 0 Å². The number of carbonyl (C=O) groups is 1. The van der Waals surface area contributed by atoms with Crippen molar-refractivity contribution in [3.8, 4) is 5.75 Å². The van der Waals surface area contributed by atoms with Crippen LogP contribution in [0.1, 0.15) is 10.4 Å². The minimum Gasteiger partial charge on any atom is -0.505 e. The van der Waals surface area contributed by atoms with E-state index in [1.54, 1.807) is 6.07 Å². The fourth-order valence-corrected chi connectivity index (χ4v) is 0.986. The van der Waals surface area contributed by atoms with E-state index in [-0.39, 0.29) is 17.0 Å². The summed E-state index contributed by atoms with van der Waals surface area (Å²) in [4.78, 5) is 16.2. The molecule has 0 aromatic heterocycles. The molecule has 0 aliphatic carbocycles. The lowest BCUT2D eigenvalue weighted by Crippen LogP contribution is -2.25. The molecular weight excluding hydrogens is 184 g/mol. The molecule has 3 N–H and O–H groups in total. The zero-order valence-electron chi connectivity index (χ0n) is 8.02. The van der Waals surface area contributed by atoms with E-state index in [1.165, 1.54) is 26.3 Å². The summed E-state index contributed by atoms with van der Waals surface area (Å²) in [5.74, 6) is -0.668. The van der Waals surface area contributed by atoms with Crippen molar-refractivity contribution in [1.29, 1.82) is 0 Å². The highest BCUT2D eigenvalue weighted by molar-refractivity contribution is 5.97. The lowest BCUT2D eigenvalue weighted by molar-refractivity contribution is -0.0758. The topological polar surface area (TPSA) is 75.8 Å². The van der Waals surface area contributed by atoms with Gasteiger partial charge in [0.2, 0.25) is 0 Å². The molecule has 0 spiro atoms. The van der Waals surface area contributed by atoms with E-state index in [9.17, 15) is 9.90 Å². The van der Waals surface area contributed by atoms with Crippen molar-refractivity contribution < 1.29 is 14.7 Å². The average Bonchev–Trinajstić information content (AvgIpc) is 2.20.